The Kier molecular flexibility index (Phi) is 14.8. The van der Waals surface area contributed by atoms with E-state index < -0.39 is 0 Å². The normalized spacial score (nSPS) is 16.8. The summed E-state index contributed by atoms with van der Waals surface area (Å²) in [6.07, 6.45) is 27.8. The Morgan fingerprint density at radius 2 is 0.962 bits per heavy atom. The Morgan fingerprint density at radius 1 is 0.500 bits per heavy atom. The molecule has 2 nitrogen and oxygen atoms in total. The van der Waals surface area contributed by atoms with E-state index in [1.54, 1.807) is 0 Å². The van der Waals surface area contributed by atoms with Crippen LogP contribution in [0.1, 0.15) is 124 Å². The number of unbranched alkanes of at least 4 members (excludes halogenated alkanes) is 12. The second-order valence-corrected chi connectivity index (χ2v) is 8.29. The van der Waals surface area contributed by atoms with Crippen molar-refractivity contribution in [2.24, 2.45) is 0 Å². The van der Waals surface area contributed by atoms with Crippen molar-refractivity contribution in [1.29, 1.82) is 0 Å². The molecule has 0 amide bonds. The summed E-state index contributed by atoms with van der Waals surface area (Å²) in [5.74, 6) is 0. The van der Waals surface area contributed by atoms with Gasteiger partial charge in [-0.2, -0.15) is 0 Å². The summed E-state index contributed by atoms with van der Waals surface area (Å²) in [5.41, 5.74) is 0. The lowest BCUT2D eigenvalue weighted by molar-refractivity contribution is 0.138. The largest absolute Gasteiger partial charge is 0.356 e. The first-order valence-corrected chi connectivity index (χ1v) is 12.0. The van der Waals surface area contributed by atoms with Gasteiger partial charge in [-0.05, 0) is 25.7 Å². The third kappa shape index (κ3) is 10.5. The third-order valence-electron chi connectivity index (χ3n) is 5.78. The van der Waals surface area contributed by atoms with Crippen LogP contribution < -0.4 is 0 Å². The van der Waals surface area contributed by atoms with Gasteiger partial charge in [0.25, 0.3) is 0 Å². The molecule has 1 atom stereocenters. The molecule has 0 fully saturated rings. The molecular formula is C24H48N2. The van der Waals surface area contributed by atoms with Crippen molar-refractivity contribution >= 4 is 0 Å². The van der Waals surface area contributed by atoms with E-state index in [-0.39, 0.29) is 0 Å². The summed E-state index contributed by atoms with van der Waals surface area (Å²) < 4.78 is 0. The van der Waals surface area contributed by atoms with Crippen LogP contribution in [0.2, 0.25) is 0 Å². The first-order chi connectivity index (χ1) is 12.8. The van der Waals surface area contributed by atoms with E-state index in [1.807, 2.05) is 0 Å². The average molecular weight is 365 g/mol. The van der Waals surface area contributed by atoms with Crippen molar-refractivity contribution in [2.75, 3.05) is 13.1 Å². The highest BCUT2D eigenvalue weighted by Gasteiger charge is 2.24. The molecule has 0 aromatic heterocycles. The zero-order valence-electron chi connectivity index (χ0n) is 18.4. The number of hydrogen-bond donors (Lipinski definition) is 0. The fraction of sp³-hybridized carbons (Fsp3) is 0.917. The van der Waals surface area contributed by atoms with E-state index in [4.69, 9.17) is 0 Å². The number of hydrogen-bond acceptors (Lipinski definition) is 2. The van der Waals surface area contributed by atoms with Gasteiger partial charge in [-0.25, -0.2) is 0 Å². The summed E-state index contributed by atoms with van der Waals surface area (Å²) in [5, 5.41) is 0. The molecule has 0 aromatic carbocycles. The van der Waals surface area contributed by atoms with Crippen LogP contribution in [0.5, 0.6) is 0 Å². The van der Waals surface area contributed by atoms with E-state index in [0.717, 1.165) is 0 Å². The van der Waals surface area contributed by atoms with Gasteiger partial charge in [0.2, 0.25) is 0 Å². The minimum Gasteiger partial charge on any atom is -0.356 e. The molecule has 1 heterocycles. The second-order valence-electron chi connectivity index (χ2n) is 8.29. The number of nitrogens with zero attached hydrogens (tertiary/aromatic N) is 2. The first-order valence-electron chi connectivity index (χ1n) is 12.0. The second kappa shape index (κ2) is 16.5. The van der Waals surface area contributed by atoms with Crippen LogP contribution in [0, 0.1) is 0 Å². The van der Waals surface area contributed by atoms with E-state index in [1.165, 1.54) is 116 Å². The van der Waals surface area contributed by atoms with Crippen LogP contribution in [0.3, 0.4) is 0 Å². The van der Waals surface area contributed by atoms with Gasteiger partial charge in [-0.1, -0.05) is 97.8 Å². The van der Waals surface area contributed by atoms with Crippen molar-refractivity contribution in [3.8, 4) is 0 Å². The molecular weight excluding hydrogens is 316 g/mol. The molecule has 1 aliphatic heterocycles. The maximum Gasteiger partial charge on any atom is 0.101 e. The van der Waals surface area contributed by atoms with Crippen LogP contribution in [-0.2, 0) is 0 Å². The Bertz CT molecular complexity index is 326. The van der Waals surface area contributed by atoms with Gasteiger partial charge < -0.3 is 9.80 Å². The molecule has 154 valence electrons. The molecule has 2 heteroatoms. The SMILES string of the molecule is CCCCCCCCCCCCCCC1N(CCC)C=CN1CCCC. The van der Waals surface area contributed by atoms with Gasteiger partial charge in [0.1, 0.15) is 6.17 Å². The van der Waals surface area contributed by atoms with Gasteiger partial charge in [0.15, 0.2) is 0 Å². The molecule has 0 aromatic rings. The number of rotatable bonds is 18. The van der Waals surface area contributed by atoms with E-state index >= 15 is 0 Å². The molecule has 0 aliphatic carbocycles. The summed E-state index contributed by atoms with van der Waals surface area (Å²) in [7, 11) is 0. The topological polar surface area (TPSA) is 6.48 Å². The van der Waals surface area contributed by atoms with Crippen molar-refractivity contribution < 1.29 is 0 Å². The average Bonchev–Trinajstić information content (AvgIpc) is 3.03. The van der Waals surface area contributed by atoms with Crippen molar-refractivity contribution in [1.82, 2.24) is 9.80 Å². The van der Waals surface area contributed by atoms with Crippen LogP contribution in [0.25, 0.3) is 0 Å². The maximum absolute atomic E-state index is 2.59. The summed E-state index contributed by atoms with van der Waals surface area (Å²) in [6.45, 7) is 9.33. The van der Waals surface area contributed by atoms with E-state index in [9.17, 15) is 0 Å². The standard InChI is InChI=1S/C24H48N2/c1-4-7-9-10-11-12-13-14-15-16-17-18-19-24-25(20-6-3)22-23-26(24)21-8-5-2/h22-24H,4-21H2,1-3H3. The minimum absolute atomic E-state index is 0.643. The van der Waals surface area contributed by atoms with Crippen LogP contribution in [-0.4, -0.2) is 29.1 Å². The van der Waals surface area contributed by atoms with Crippen molar-refractivity contribution in [3.63, 3.8) is 0 Å². The molecule has 0 bridgehead atoms. The van der Waals surface area contributed by atoms with Gasteiger partial charge in [-0.3, -0.25) is 0 Å². The molecule has 1 aliphatic rings. The van der Waals surface area contributed by atoms with Crippen LogP contribution in [0.4, 0.5) is 0 Å². The molecule has 0 spiro atoms. The quantitative estimate of drug-likeness (QED) is 0.230. The lowest BCUT2D eigenvalue weighted by Crippen LogP contribution is -2.39. The maximum atomic E-state index is 2.59. The lowest BCUT2D eigenvalue weighted by Gasteiger charge is -2.33. The predicted octanol–water partition coefficient (Wildman–Crippen LogP) is 7.70. The fourth-order valence-electron chi connectivity index (χ4n) is 4.11. The Labute approximate surface area is 165 Å². The zero-order valence-corrected chi connectivity index (χ0v) is 18.4. The van der Waals surface area contributed by atoms with Gasteiger partial charge in [0, 0.05) is 25.5 Å². The Morgan fingerprint density at radius 3 is 1.46 bits per heavy atom. The zero-order chi connectivity index (χ0) is 18.9. The van der Waals surface area contributed by atoms with Gasteiger partial charge in [-0.15, -0.1) is 0 Å². The Balaban J connectivity index is 2.02. The van der Waals surface area contributed by atoms with Gasteiger partial charge in [0.05, 0.1) is 0 Å². The monoisotopic (exact) mass is 364 g/mol. The molecule has 0 radical (unpaired) electrons. The highest BCUT2D eigenvalue weighted by atomic mass is 15.4. The first kappa shape index (κ1) is 23.4. The van der Waals surface area contributed by atoms with Crippen LogP contribution in [0.15, 0.2) is 12.4 Å². The fourth-order valence-corrected chi connectivity index (χ4v) is 4.11. The van der Waals surface area contributed by atoms with Gasteiger partial charge >= 0.3 is 0 Å². The van der Waals surface area contributed by atoms with Crippen LogP contribution >= 0.6 is 0 Å². The molecule has 1 rings (SSSR count). The highest BCUT2D eigenvalue weighted by Crippen LogP contribution is 2.22. The minimum atomic E-state index is 0.643. The Hall–Kier alpha value is -0.660. The molecule has 0 N–H and O–H groups in total. The molecule has 26 heavy (non-hydrogen) atoms. The summed E-state index contributed by atoms with van der Waals surface area (Å²) in [6, 6.07) is 0. The smallest absolute Gasteiger partial charge is 0.101 e. The lowest BCUT2D eigenvalue weighted by atomic mass is 10.0. The van der Waals surface area contributed by atoms with Crippen molar-refractivity contribution in [3.05, 3.63) is 12.4 Å². The highest BCUT2D eigenvalue weighted by molar-refractivity contribution is 4.96. The summed E-state index contributed by atoms with van der Waals surface area (Å²) >= 11 is 0. The van der Waals surface area contributed by atoms with E-state index in [2.05, 4.69) is 43.0 Å². The van der Waals surface area contributed by atoms with E-state index in [0.29, 0.717) is 6.17 Å². The molecule has 0 saturated heterocycles. The molecule has 1 unspecified atom stereocenters. The predicted molar refractivity (Wildman–Crippen MR) is 117 cm³/mol. The van der Waals surface area contributed by atoms with Crippen molar-refractivity contribution in [2.45, 2.75) is 130 Å². The molecule has 0 saturated carbocycles. The summed E-state index contributed by atoms with van der Waals surface area (Å²) in [4.78, 5) is 5.17. The third-order valence-corrected chi connectivity index (χ3v) is 5.78.